The van der Waals surface area contributed by atoms with Crippen LogP contribution in [0.25, 0.3) is 0 Å². The van der Waals surface area contributed by atoms with Gasteiger partial charge in [0.2, 0.25) is 17.8 Å². The minimum Gasteiger partial charge on any atom is -0.376 e. The van der Waals surface area contributed by atoms with Gasteiger partial charge in [-0.2, -0.15) is 15.0 Å². The second-order valence-electron chi connectivity index (χ2n) is 5.05. The van der Waals surface area contributed by atoms with Gasteiger partial charge in [-0.3, -0.25) is 0 Å². The smallest absolute Gasteiger partial charge is 0.231 e. The van der Waals surface area contributed by atoms with Crippen LogP contribution in [0, 0.1) is 0 Å². The summed E-state index contributed by atoms with van der Waals surface area (Å²) in [5, 5.41) is 6.38. The third-order valence-electron chi connectivity index (χ3n) is 2.93. The van der Waals surface area contributed by atoms with Crippen LogP contribution in [-0.2, 0) is 9.47 Å². The van der Waals surface area contributed by atoms with Crippen molar-refractivity contribution in [3.8, 4) is 0 Å². The Balaban J connectivity index is 2.00. The van der Waals surface area contributed by atoms with Crippen LogP contribution in [0.2, 0.25) is 0 Å². The molecule has 0 radical (unpaired) electrons. The van der Waals surface area contributed by atoms with Gasteiger partial charge in [0.25, 0.3) is 0 Å². The average Bonchev–Trinajstić information content (AvgIpc) is 2.51. The van der Waals surface area contributed by atoms with Crippen LogP contribution >= 0.6 is 0 Å². The zero-order valence-corrected chi connectivity index (χ0v) is 12.9. The van der Waals surface area contributed by atoms with Gasteiger partial charge in [0.1, 0.15) is 0 Å². The first-order chi connectivity index (χ1) is 10.2. The molecule has 2 rings (SSSR count). The Kier molecular flexibility index (Phi) is 5.94. The van der Waals surface area contributed by atoms with E-state index in [0.29, 0.717) is 44.2 Å². The molecule has 1 aliphatic heterocycles. The second kappa shape index (κ2) is 7.94. The van der Waals surface area contributed by atoms with Gasteiger partial charge in [-0.15, -0.1) is 0 Å². The largest absolute Gasteiger partial charge is 0.376 e. The van der Waals surface area contributed by atoms with Gasteiger partial charge >= 0.3 is 0 Å². The van der Waals surface area contributed by atoms with Gasteiger partial charge in [0.05, 0.1) is 25.9 Å². The lowest BCUT2D eigenvalue weighted by Gasteiger charge is -2.23. The van der Waals surface area contributed by atoms with Crippen LogP contribution in [0.5, 0.6) is 0 Å². The van der Waals surface area contributed by atoms with Gasteiger partial charge in [0.15, 0.2) is 0 Å². The quantitative estimate of drug-likeness (QED) is 0.756. The molecule has 1 atom stereocenters. The summed E-state index contributed by atoms with van der Waals surface area (Å²) in [5.74, 6) is 1.74. The first-order valence-electron chi connectivity index (χ1n) is 7.29. The highest BCUT2D eigenvalue weighted by atomic mass is 16.6. The molecule has 21 heavy (non-hydrogen) atoms. The normalized spacial score (nSPS) is 18.3. The molecular formula is C13H24N6O2. The molecule has 0 amide bonds. The van der Waals surface area contributed by atoms with Crippen molar-refractivity contribution in [2.75, 3.05) is 62.5 Å². The van der Waals surface area contributed by atoms with Crippen LogP contribution in [-0.4, -0.2) is 68.1 Å². The second-order valence-corrected chi connectivity index (χ2v) is 5.05. The summed E-state index contributed by atoms with van der Waals surface area (Å²) >= 11 is 0. The molecule has 8 heteroatoms. The minimum absolute atomic E-state index is 0.0328. The molecule has 0 bridgehead atoms. The minimum atomic E-state index is 0.0328. The van der Waals surface area contributed by atoms with E-state index in [-0.39, 0.29) is 6.10 Å². The lowest BCUT2D eigenvalue weighted by Crippen LogP contribution is -2.34. The molecule has 8 nitrogen and oxygen atoms in total. The summed E-state index contributed by atoms with van der Waals surface area (Å²) in [6.07, 6.45) is 1.05. The number of hydrogen-bond acceptors (Lipinski definition) is 8. The summed E-state index contributed by atoms with van der Waals surface area (Å²) in [5.41, 5.74) is 0. The van der Waals surface area contributed by atoms with Crippen LogP contribution in [0.3, 0.4) is 0 Å². The van der Waals surface area contributed by atoms with Crippen molar-refractivity contribution >= 4 is 17.8 Å². The molecular weight excluding hydrogens is 272 g/mol. The first kappa shape index (κ1) is 15.7. The Morgan fingerprint density at radius 1 is 1.14 bits per heavy atom. The molecule has 0 saturated carbocycles. The van der Waals surface area contributed by atoms with E-state index >= 15 is 0 Å². The first-order valence-corrected chi connectivity index (χ1v) is 7.29. The van der Waals surface area contributed by atoms with Crippen LogP contribution in [0.1, 0.15) is 13.3 Å². The van der Waals surface area contributed by atoms with Crippen molar-refractivity contribution in [1.29, 1.82) is 0 Å². The summed E-state index contributed by atoms with van der Waals surface area (Å²) in [6, 6.07) is 0. The van der Waals surface area contributed by atoms with Gasteiger partial charge in [-0.1, -0.05) is 6.92 Å². The maximum atomic E-state index is 5.59. The van der Waals surface area contributed by atoms with E-state index in [2.05, 4.69) is 32.5 Å². The van der Waals surface area contributed by atoms with E-state index < -0.39 is 0 Å². The lowest BCUT2D eigenvalue weighted by atomic mass is 10.3. The molecule has 0 spiro atoms. The number of nitrogens with zero attached hydrogens (tertiary/aromatic N) is 4. The number of nitrogens with one attached hydrogen (secondary N) is 2. The third-order valence-corrected chi connectivity index (χ3v) is 2.93. The highest BCUT2D eigenvalue weighted by Gasteiger charge is 2.15. The zero-order chi connectivity index (χ0) is 15.1. The number of anilines is 3. The van der Waals surface area contributed by atoms with E-state index in [1.165, 1.54) is 0 Å². The predicted octanol–water partition coefficient (Wildman–Crippen LogP) is 0.587. The lowest BCUT2D eigenvalue weighted by molar-refractivity contribution is -0.0819. The zero-order valence-electron chi connectivity index (χ0n) is 12.9. The van der Waals surface area contributed by atoms with Gasteiger partial charge < -0.3 is 25.0 Å². The highest BCUT2D eigenvalue weighted by Crippen LogP contribution is 2.12. The fraction of sp³-hybridized carbons (Fsp3) is 0.769. The number of rotatable bonds is 7. The van der Waals surface area contributed by atoms with Crippen molar-refractivity contribution in [2.24, 2.45) is 0 Å². The van der Waals surface area contributed by atoms with E-state index in [0.717, 1.165) is 13.0 Å². The highest BCUT2D eigenvalue weighted by molar-refractivity contribution is 5.42. The van der Waals surface area contributed by atoms with Crippen molar-refractivity contribution in [3.63, 3.8) is 0 Å². The molecule has 1 fully saturated rings. The molecule has 2 heterocycles. The third kappa shape index (κ3) is 4.98. The molecule has 1 saturated heterocycles. The van der Waals surface area contributed by atoms with E-state index in [1.807, 2.05) is 19.0 Å². The summed E-state index contributed by atoms with van der Waals surface area (Å²) < 4.78 is 11.0. The maximum absolute atomic E-state index is 5.59. The number of ether oxygens (including phenoxy) is 2. The molecule has 0 aromatic carbocycles. The summed E-state index contributed by atoms with van der Waals surface area (Å²) in [6.45, 7) is 5.44. The monoisotopic (exact) mass is 296 g/mol. The topological polar surface area (TPSA) is 84.4 Å². The van der Waals surface area contributed by atoms with Crippen LogP contribution in [0.4, 0.5) is 17.8 Å². The molecule has 1 aliphatic rings. The van der Waals surface area contributed by atoms with Crippen LogP contribution < -0.4 is 15.5 Å². The Morgan fingerprint density at radius 2 is 1.90 bits per heavy atom. The Hall–Kier alpha value is -1.67. The van der Waals surface area contributed by atoms with Gasteiger partial charge in [0, 0.05) is 27.2 Å². The van der Waals surface area contributed by atoms with E-state index in [4.69, 9.17) is 9.47 Å². The Labute approximate surface area is 125 Å². The summed E-state index contributed by atoms with van der Waals surface area (Å²) in [4.78, 5) is 15.0. The molecule has 118 valence electrons. The molecule has 2 N–H and O–H groups in total. The van der Waals surface area contributed by atoms with E-state index in [9.17, 15) is 0 Å². The maximum Gasteiger partial charge on any atom is 0.231 e. The van der Waals surface area contributed by atoms with Crippen molar-refractivity contribution in [1.82, 2.24) is 15.0 Å². The molecule has 1 aromatic rings. The standard InChI is InChI=1S/C13H24N6O2/c1-4-5-14-11-16-12(18-13(17-11)19(2)3)15-8-10-9-20-6-7-21-10/h10H,4-9H2,1-3H3,(H2,14,15,16,17,18). The Morgan fingerprint density at radius 3 is 2.52 bits per heavy atom. The van der Waals surface area contributed by atoms with Crippen molar-refractivity contribution in [3.05, 3.63) is 0 Å². The predicted molar refractivity (Wildman–Crippen MR) is 82.0 cm³/mol. The van der Waals surface area contributed by atoms with Crippen LogP contribution in [0.15, 0.2) is 0 Å². The SMILES string of the molecule is CCCNc1nc(NCC2COCCO2)nc(N(C)C)n1. The van der Waals surface area contributed by atoms with E-state index in [1.54, 1.807) is 0 Å². The number of hydrogen-bond donors (Lipinski definition) is 2. The van der Waals surface area contributed by atoms with Gasteiger partial charge in [-0.05, 0) is 6.42 Å². The van der Waals surface area contributed by atoms with Crippen molar-refractivity contribution < 1.29 is 9.47 Å². The molecule has 0 aliphatic carbocycles. The Bertz CT molecular complexity index is 437. The molecule has 1 aromatic heterocycles. The summed E-state index contributed by atoms with van der Waals surface area (Å²) in [7, 11) is 3.81. The fourth-order valence-electron chi connectivity index (χ4n) is 1.82. The fourth-order valence-corrected chi connectivity index (χ4v) is 1.82. The average molecular weight is 296 g/mol. The van der Waals surface area contributed by atoms with Gasteiger partial charge in [-0.25, -0.2) is 0 Å². The molecule has 1 unspecified atom stereocenters. The number of aromatic nitrogens is 3. The van der Waals surface area contributed by atoms with Crippen molar-refractivity contribution in [2.45, 2.75) is 19.4 Å².